The first-order valence-corrected chi connectivity index (χ1v) is 6.82. The zero-order valence-electron chi connectivity index (χ0n) is 11.4. The van der Waals surface area contributed by atoms with Crippen LogP contribution in [0.25, 0.3) is 0 Å². The maximum Gasteiger partial charge on any atom is 0.137 e. The first-order valence-electron chi connectivity index (χ1n) is 6.44. The molecule has 5 heteroatoms. The summed E-state index contributed by atoms with van der Waals surface area (Å²) in [5.74, 6) is 1.67. The minimum Gasteiger partial charge on any atom is -0.385 e. The number of aryl methyl sites for hydroxylation is 1. The summed E-state index contributed by atoms with van der Waals surface area (Å²) in [6.45, 7) is 5.72. The van der Waals surface area contributed by atoms with Gasteiger partial charge in [-0.1, -0.05) is 18.5 Å². The van der Waals surface area contributed by atoms with E-state index in [4.69, 9.17) is 16.3 Å². The van der Waals surface area contributed by atoms with Crippen LogP contribution in [-0.2, 0) is 11.2 Å². The minimum absolute atomic E-state index is 0.549. The summed E-state index contributed by atoms with van der Waals surface area (Å²) < 4.78 is 5.01. The predicted octanol–water partition coefficient (Wildman–Crippen LogP) is 3.23. The monoisotopic (exact) mass is 271 g/mol. The predicted molar refractivity (Wildman–Crippen MR) is 75.4 cm³/mol. The van der Waals surface area contributed by atoms with Gasteiger partial charge in [-0.15, -0.1) is 0 Å². The smallest absolute Gasteiger partial charge is 0.137 e. The number of anilines is 1. The van der Waals surface area contributed by atoms with Crippen molar-refractivity contribution in [2.45, 2.75) is 39.5 Å². The zero-order valence-corrected chi connectivity index (χ0v) is 12.2. The average molecular weight is 272 g/mol. The number of ether oxygens (including phenoxy) is 1. The SMILES string of the molecule is CCCc1nc(Cl)c(C)c(NCCCCOC)n1. The van der Waals surface area contributed by atoms with Crippen molar-refractivity contribution in [1.29, 1.82) is 0 Å². The number of hydrogen-bond acceptors (Lipinski definition) is 4. The van der Waals surface area contributed by atoms with Crippen molar-refractivity contribution >= 4 is 17.4 Å². The highest BCUT2D eigenvalue weighted by Gasteiger charge is 2.08. The molecule has 0 radical (unpaired) electrons. The van der Waals surface area contributed by atoms with Gasteiger partial charge >= 0.3 is 0 Å². The average Bonchev–Trinajstić information content (AvgIpc) is 2.35. The molecule has 0 aliphatic rings. The highest BCUT2D eigenvalue weighted by Crippen LogP contribution is 2.20. The summed E-state index contributed by atoms with van der Waals surface area (Å²) in [5.41, 5.74) is 0.920. The van der Waals surface area contributed by atoms with Crippen LogP contribution in [0.5, 0.6) is 0 Å². The standard InChI is InChI=1S/C13H22ClN3O/c1-4-7-11-16-12(14)10(2)13(17-11)15-8-5-6-9-18-3/h4-9H2,1-3H3,(H,15,16,17). The summed E-state index contributed by atoms with van der Waals surface area (Å²) in [6, 6.07) is 0. The Morgan fingerprint density at radius 3 is 2.72 bits per heavy atom. The fourth-order valence-corrected chi connectivity index (χ4v) is 1.81. The van der Waals surface area contributed by atoms with Crippen LogP contribution in [0.2, 0.25) is 5.15 Å². The number of halogens is 1. The third kappa shape index (κ3) is 4.78. The van der Waals surface area contributed by atoms with Gasteiger partial charge in [0.15, 0.2) is 0 Å². The Kier molecular flexibility index (Phi) is 6.98. The van der Waals surface area contributed by atoms with Gasteiger partial charge < -0.3 is 10.1 Å². The number of unbranched alkanes of at least 4 members (excludes halogenated alkanes) is 1. The third-order valence-electron chi connectivity index (χ3n) is 2.67. The second-order valence-corrected chi connectivity index (χ2v) is 4.64. The number of methoxy groups -OCH3 is 1. The molecule has 0 aliphatic heterocycles. The Morgan fingerprint density at radius 1 is 1.28 bits per heavy atom. The minimum atomic E-state index is 0.549. The maximum atomic E-state index is 6.11. The van der Waals surface area contributed by atoms with E-state index in [-0.39, 0.29) is 0 Å². The van der Waals surface area contributed by atoms with Crippen molar-refractivity contribution in [3.8, 4) is 0 Å². The van der Waals surface area contributed by atoms with Gasteiger partial charge in [-0.25, -0.2) is 9.97 Å². The molecule has 0 aromatic carbocycles. The molecule has 18 heavy (non-hydrogen) atoms. The third-order valence-corrected chi connectivity index (χ3v) is 3.04. The van der Waals surface area contributed by atoms with Gasteiger partial charge in [0.1, 0.15) is 16.8 Å². The van der Waals surface area contributed by atoms with E-state index < -0.39 is 0 Å². The molecule has 4 nitrogen and oxygen atoms in total. The zero-order chi connectivity index (χ0) is 13.4. The van der Waals surface area contributed by atoms with Crippen LogP contribution in [-0.4, -0.2) is 30.2 Å². The number of hydrogen-bond donors (Lipinski definition) is 1. The molecular formula is C13H22ClN3O. The van der Waals surface area contributed by atoms with Gasteiger partial charge in [-0.3, -0.25) is 0 Å². The first kappa shape index (κ1) is 15.2. The number of nitrogens with one attached hydrogen (secondary N) is 1. The largest absolute Gasteiger partial charge is 0.385 e. The Morgan fingerprint density at radius 2 is 2.06 bits per heavy atom. The van der Waals surface area contributed by atoms with E-state index in [0.717, 1.165) is 56.0 Å². The molecule has 0 bridgehead atoms. The second kappa shape index (κ2) is 8.27. The maximum absolute atomic E-state index is 6.11. The second-order valence-electron chi connectivity index (χ2n) is 4.28. The van der Waals surface area contributed by atoms with Crippen molar-refractivity contribution < 1.29 is 4.74 Å². The molecule has 0 unspecified atom stereocenters. The summed E-state index contributed by atoms with van der Waals surface area (Å²) in [5, 5.41) is 3.87. The molecule has 102 valence electrons. The molecule has 0 saturated carbocycles. The summed E-state index contributed by atoms with van der Waals surface area (Å²) in [6.07, 6.45) is 3.98. The topological polar surface area (TPSA) is 47.0 Å². The lowest BCUT2D eigenvalue weighted by molar-refractivity contribution is 0.194. The van der Waals surface area contributed by atoms with Crippen LogP contribution in [0.1, 0.15) is 37.6 Å². The quantitative estimate of drug-likeness (QED) is 0.582. The number of nitrogens with zero attached hydrogens (tertiary/aromatic N) is 2. The van der Waals surface area contributed by atoms with Gasteiger partial charge in [0.25, 0.3) is 0 Å². The van der Waals surface area contributed by atoms with Gasteiger partial charge in [-0.05, 0) is 26.2 Å². The molecule has 1 aromatic rings. The molecule has 0 saturated heterocycles. The molecule has 0 atom stereocenters. The molecule has 0 spiro atoms. The van der Waals surface area contributed by atoms with Crippen LogP contribution >= 0.6 is 11.6 Å². The van der Waals surface area contributed by atoms with Crippen LogP contribution in [0, 0.1) is 6.92 Å². The number of aromatic nitrogens is 2. The molecule has 0 aliphatic carbocycles. The molecule has 1 aromatic heterocycles. The molecule has 0 fully saturated rings. The lowest BCUT2D eigenvalue weighted by Gasteiger charge is -2.11. The lowest BCUT2D eigenvalue weighted by Crippen LogP contribution is -2.09. The summed E-state index contributed by atoms with van der Waals surface area (Å²) in [4.78, 5) is 8.78. The Bertz CT molecular complexity index is 371. The van der Waals surface area contributed by atoms with E-state index in [1.54, 1.807) is 7.11 Å². The lowest BCUT2D eigenvalue weighted by atomic mass is 10.2. The highest BCUT2D eigenvalue weighted by molar-refractivity contribution is 6.30. The molecule has 1 N–H and O–H groups in total. The van der Waals surface area contributed by atoms with Crippen molar-refractivity contribution in [3.63, 3.8) is 0 Å². The molecular weight excluding hydrogens is 250 g/mol. The van der Waals surface area contributed by atoms with E-state index in [2.05, 4.69) is 22.2 Å². The Hall–Kier alpha value is -0.870. The fourth-order valence-electron chi connectivity index (χ4n) is 1.62. The van der Waals surface area contributed by atoms with Crippen LogP contribution in [0.15, 0.2) is 0 Å². The van der Waals surface area contributed by atoms with Crippen molar-refractivity contribution in [1.82, 2.24) is 9.97 Å². The van der Waals surface area contributed by atoms with Crippen LogP contribution in [0.3, 0.4) is 0 Å². The van der Waals surface area contributed by atoms with Gasteiger partial charge in [0, 0.05) is 32.2 Å². The Labute approximate surface area is 114 Å². The van der Waals surface area contributed by atoms with Crippen molar-refractivity contribution in [3.05, 3.63) is 16.5 Å². The van der Waals surface area contributed by atoms with Crippen LogP contribution < -0.4 is 5.32 Å². The highest BCUT2D eigenvalue weighted by atomic mass is 35.5. The van der Waals surface area contributed by atoms with E-state index in [1.165, 1.54) is 0 Å². The first-order chi connectivity index (χ1) is 8.69. The summed E-state index contributed by atoms with van der Waals surface area (Å²) >= 11 is 6.11. The fraction of sp³-hybridized carbons (Fsp3) is 0.692. The van der Waals surface area contributed by atoms with E-state index >= 15 is 0 Å². The summed E-state index contributed by atoms with van der Waals surface area (Å²) in [7, 11) is 1.72. The van der Waals surface area contributed by atoms with Gasteiger partial charge in [-0.2, -0.15) is 0 Å². The van der Waals surface area contributed by atoms with Crippen molar-refractivity contribution in [2.75, 3.05) is 25.6 Å². The van der Waals surface area contributed by atoms with E-state index in [1.807, 2.05) is 6.92 Å². The Balaban J connectivity index is 2.57. The van der Waals surface area contributed by atoms with Gasteiger partial charge in [0.05, 0.1) is 0 Å². The van der Waals surface area contributed by atoms with E-state index in [0.29, 0.717) is 5.15 Å². The number of rotatable bonds is 8. The molecule has 1 heterocycles. The molecule has 0 amide bonds. The van der Waals surface area contributed by atoms with Crippen molar-refractivity contribution in [2.24, 2.45) is 0 Å². The normalized spacial score (nSPS) is 10.7. The molecule has 1 rings (SSSR count). The van der Waals surface area contributed by atoms with Gasteiger partial charge in [0.2, 0.25) is 0 Å². The van der Waals surface area contributed by atoms with Crippen LogP contribution in [0.4, 0.5) is 5.82 Å². The van der Waals surface area contributed by atoms with E-state index in [9.17, 15) is 0 Å².